The Hall–Kier alpha value is -4.49. The van der Waals surface area contributed by atoms with Gasteiger partial charge < -0.3 is 25.2 Å². The summed E-state index contributed by atoms with van der Waals surface area (Å²) in [5.74, 6) is -1.08. The van der Waals surface area contributed by atoms with Crippen molar-refractivity contribution < 1.29 is 31.8 Å². The smallest absolute Gasteiger partial charge is 0.421 e. The number of halogens is 3. The average molecular weight is 631 g/mol. The summed E-state index contributed by atoms with van der Waals surface area (Å²) in [5.41, 5.74) is 0.147. The van der Waals surface area contributed by atoms with Crippen molar-refractivity contribution in [2.24, 2.45) is 0 Å². The quantitative estimate of drug-likeness (QED) is 0.235. The lowest BCUT2D eigenvalue weighted by Gasteiger charge is -2.25. The second-order valence-electron chi connectivity index (χ2n) is 10.5. The van der Waals surface area contributed by atoms with E-state index >= 15 is 0 Å². The molecule has 1 unspecified atom stereocenters. The van der Waals surface area contributed by atoms with Crippen molar-refractivity contribution in [1.29, 1.82) is 0 Å². The highest BCUT2D eigenvalue weighted by molar-refractivity contribution is 7.38. The van der Waals surface area contributed by atoms with Crippen LogP contribution in [-0.2, 0) is 27.0 Å². The van der Waals surface area contributed by atoms with E-state index in [1.165, 1.54) is 20.2 Å². The van der Waals surface area contributed by atoms with Crippen molar-refractivity contribution >= 4 is 37.1 Å². The monoisotopic (exact) mass is 630 g/mol. The highest BCUT2D eigenvalue weighted by atomic mass is 31.1. The van der Waals surface area contributed by atoms with E-state index in [9.17, 15) is 22.5 Å². The number of anilines is 4. The number of carbonyl (C=O) groups is 1. The molecule has 7 heterocycles. The minimum absolute atomic E-state index is 0.00702. The zero-order chi connectivity index (χ0) is 31.6. The fourth-order valence-corrected chi connectivity index (χ4v) is 5.47. The number of amides is 1. The minimum atomic E-state index is -4.81. The summed E-state index contributed by atoms with van der Waals surface area (Å²) in [7, 11) is 0.359. The van der Waals surface area contributed by atoms with E-state index in [4.69, 9.17) is 9.26 Å². The molecule has 4 aliphatic rings. The number of nitrogens with one attached hydrogen (secondary N) is 3. The van der Waals surface area contributed by atoms with Gasteiger partial charge in [-0.2, -0.15) is 23.3 Å². The van der Waals surface area contributed by atoms with Crippen LogP contribution < -0.4 is 20.7 Å². The Balaban J connectivity index is 1.64. The second-order valence-corrected chi connectivity index (χ2v) is 11.9. The molecule has 1 amide bonds. The highest BCUT2D eigenvalue weighted by Gasteiger charge is 2.36. The molecule has 0 saturated heterocycles. The van der Waals surface area contributed by atoms with Gasteiger partial charge in [0.05, 0.1) is 42.5 Å². The van der Waals surface area contributed by atoms with Crippen LogP contribution in [0.1, 0.15) is 41.9 Å². The van der Waals surface area contributed by atoms with Crippen LogP contribution in [0.4, 0.5) is 36.3 Å². The van der Waals surface area contributed by atoms with Gasteiger partial charge in [0.1, 0.15) is 17.1 Å². The van der Waals surface area contributed by atoms with Gasteiger partial charge in [0, 0.05) is 31.2 Å². The van der Waals surface area contributed by atoms with E-state index in [2.05, 4.69) is 36.0 Å². The van der Waals surface area contributed by atoms with Gasteiger partial charge >= 0.3 is 6.18 Å². The second kappa shape index (κ2) is 12.2. The van der Waals surface area contributed by atoms with Crippen molar-refractivity contribution in [2.45, 2.75) is 38.1 Å². The first-order chi connectivity index (χ1) is 20.9. The van der Waals surface area contributed by atoms with E-state index in [1.54, 1.807) is 41.3 Å². The first-order valence-corrected chi connectivity index (χ1v) is 15.0. The van der Waals surface area contributed by atoms with Crippen LogP contribution in [0.25, 0.3) is 11.3 Å². The molecule has 4 aromatic rings. The van der Waals surface area contributed by atoms with Crippen LogP contribution in [0.2, 0.25) is 0 Å². The van der Waals surface area contributed by atoms with E-state index < -0.39 is 37.0 Å². The molecule has 0 radical (unpaired) electrons. The first kappa shape index (κ1) is 31.0. The fraction of sp³-hybridized carbons (Fsp3) is 0.321. The van der Waals surface area contributed by atoms with Gasteiger partial charge in [-0.25, -0.2) is 9.97 Å². The van der Waals surface area contributed by atoms with E-state index in [0.29, 0.717) is 40.9 Å². The predicted molar refractivity (Wildman–Crippen MR) is 158 cm³/mol. The largest absolute Gasteiger partial charge is 0.495 e. The van der Waals surface area contributed by atoms with Crippen LogP contribution in [0, 0.1) is 0 Å². The molecular weight excluding hydrogens is 600 g/mol. The van der Waals surface area contributed by atoms with Crippen LogP contribution >= 0.6 is 8.03 Å². The SMILES string of the molecule is CNC(=O)c1nc2ccc1Nc1nc(ncc1C(F)(F)F)Nc1ccc(cc1OC)C[PH](=O)OCCC(C)(C)n1cc-2cn1. The lowest BCUT2D eigenvalue weighted by molar-refractivity contribution is -0.137. The third kappa shape index (κ3) is 6.68. The summed E-state index contributed by atoms with van der Waals surface area (Å²) in [6.07, 6.45) is -0.199. The summed E-state index contributed by atoms with van der Waals surface area (Å²) in [5, 5.41) is 12.5. The van der Waals surface area contributed by atoms with Gasteiger partial charge in [-0.05, 0) is 50.1 Å². The maximum absolute atomic E-state index is 14.0. The van der Waals surface area contributed by atoms with Crippen molar-refractivity contribution in [2.75, 3.05) is 31.4 Å². The van der Waals surface area contributed by atoms with Gasteiger partial charge in [0.25, 0.3) is 5.91 Å². The molecular formula is C28H30F3N8O4P. The van der Waals surface area contributed by atoms with Crippen LogP contribution in [0.15, 0.2) is 48.9 Å². The molecule has 1 atom stereocenters. The molecule has 0 aliphatic carbocycles. The van der Waals surface area contributed by atoms with Crippen molar-refractivity contribution in [1.82, 2.24) is 30.0 Å². The lowest BCUT2D eigenvalue weighted by Crippen LogP contribution is -2.28. The molecule has 232 valence electrons. The average Bonchev–Trinajstić information content (AvgIpc) is 3.48. The molecule has 3 aromatic heterocycles. The Morgan fingerprint density at radius 3 is 2.64 bits per heavy atom. The van der Waals surface area contributed by atoms with E-state index in [-0.39, 0.29) is 30.1 Å². The number of alkyl halides is 3. The predicted octanol–water partition coefficient (Wildman–Crippen LogP) is 5.74. The summed E-state index contributed by atoms with van der Waals surface area (Å²) in [4.78, 5) is 25.3. The maximum Gasteiger partial charge on any atom is 0.421 e. The number of methoxy groups -OCH3 is 1. The molecule has 0 saturated carbocycles. The number of hydrogen-bond acceptors (Lipinski definition) is 10. The lowest BCUT2D eigenvalue weighted by atomic mass is 10.0. The number of carbonyl (C=O) groups excluding carboxylic acids is 1. The Labute approximate surface area is 251 Å². The number of ether oxygens (including phenoxy) is 1. The molecule has 8 rings (SSSR count). The topological polar surface area (TPSA) is 145 Å². The molecule has 3 N–H and O–H groups in total. The van der Waals surface area contributed by atoms with Gasteiger partial charge in [-0.1, -0.05) is 6.07 Å². The minimum Gasteiger partial charge on any atom is -0.495 e. The Bertz CT molecular complexity index is 1730. The number of pyridine rings is 1. The number of hydrogen-bond donors (Lipinski definition) is 3. The normalized spacial score (nSPS) is 16.7. The summed E-state index contributed by atoms with van der Waals surface area (Å²) >= 11 is 0. The molecule has 4 aliphatic heterocycles. The molecule has 16 heteroatoms. The zero-order valence-corrected chi connectivity index (χ0v) is 25.2. The van der Waals surface area contributed by atoms with Crippen LogP contribution in [-0.4, -0.2) is 51.4 Å². The van der Waals surface area contributed by atoms with Crippen molar-refractivity contribution in [3.05, 3.63) is 65.7 Å². The van der Waals surface area contributed by atoms with Crippen LogP contribution in [0.5, 0.6) is 5.75 Å². The molecule has 0 spiro atoms. The van der Waals surface area contributed by atoms with Gasteiger partial charge in [-0.15, -0.1) is 0 Å². The number of aromatic nitrogens is 5. The summed E-state index contributed by atoms with van der Waals surface area (Å²) in [6, 6.07) is 7.98. The number of nitrogens with zero attached hydrogens (tertiary/aromatic N) is 5. The number of benzene rings is 1. The van der Waals surface area contributed by atoms with Crippen molar-refractivity contribution in [3.63, 3.8) is 0 Å². The first-order valence-electron chi connectivity index (χ1n) is 13.5. The maximum atomic E-state index is 14.0. The summed E-state index contributed by atoms with van der Waals surface area (Å²) in [6.45, 7) is 4.12. The molecule has 8 bridgehead atoms. The Morgan fingerprint density at radius 1 is 1.14 bits per heavy atom. The number of rotatable bonds is 2. The molecule has 0 fully saturated rings. The Kier molecular flexibility index (Phi) is 8.62. The molecule has 1 aromatic carbocycles. The Morgan fingerprint density at radius 2 is 1.91 bits per heavy atom. The zero-order valence-electron chi connectivity index (χ0n) is 24.2. The third-order valence-corrected chi connectivity index (χ3v) is 8.24. The van der Waals surface area contributed by atoms with Crippen LogP contribution in [0.3, 0.4) is 0 Å². The van der Waals surface area contributed by atoms with Gasteiger partial charge in [0.15, 0.2) is 13.7 Å². The van der Waals surface area contributed by atoms with E-state index in [1.807, 2.05) is 13.8 Å². The van der Waals surface area contributed by atoms with Gasteiger partial charge in [0.2, 0.25) is 5.95 Å². The van der Waals surface area contributed by atoms with E-state index in [0.717, 1.165) is 0 Å². The molecule has 44 heavy (non-hydrogen) atoms. The van der Waals surface area contributed by atoms with Crippen molar-refractivity contribution in [3.8, 4) is 17.0 Å². The summed E-state index contributed by atoms with van der Waals surface area (Å²) < 4.78 is 67.7. The van der Waals surface area contributed by atoms with Gasteiger partial charge in [-0.3, -0.25) is 14.0 Å². The highest BCUT2D eigenvalue weighted by Crippen LogP contribution is 2.38. The third-order valence-electron chi connectivity index (χ3n) is 7.02. The fourth-order valence-electron chi connectivity index (χ4n) is 4.49. The standard InChI is InChI=1S/C28H30F3N8O4P/c1-27(2)9-10-43-44(41)15-16-5-6-20(22(11-16)42-4)37-26-33-13-18(28(29,30)31)24(38-26)36-21-8-7-19(17-12-34-39(27)14-17)35-23(21)25(40)32-3/h5-8,11-14,44H,9-10,15H2,1-4H3,(H,32,40)(H2,33,36,37,38). The molecule has 12 nitrogen and oxygen atoms in total.